The zero-order valence-electron chi connectivity index (χ0n) is 37.2. The molecule has 4 nitrogen and oxygen atoms in total. The van der Waals surface area contributed by atoms with Gasteiger partial charge in [-0.3, -0.25) is 0 Å². The van der Waals surface area contributed by atoms with E-state index in [4.69, 9.17) is 15.0 Å². The van der Waals surface area contributed by atoms with Crippen LogP contribution in [0.3, 0.4) is 0 Å². The molecule has 0 amide bonds. The third kappa shape index (κ3) is 6.46. The Morgan fingerprint density at radius 1 is 0.364 bits per heavy atom. The smallest absolute Gasteiger partial charge is 0.180 e. The topological polar surface area (TPSA) is 43.6 Å². The van der Waals surface area contributed by atoms with E-state index in [1.807, 2.05) is 36.4 Å². The second-order valence-corrected chi connectivity index (χ2v) is 22.2. The summed E-state index contributed by atoms with van der Waals surface area (Å²) in [7, 11) is -2.91. The lowest BCUT2D eigenvalue weighted by Crippen LogP contribution is -2.72. The van der Waals surface area contributed by atoms with Crippen molar-refractivity contribution in [1.82, 2.24) is 19.5 Å². The van der Waals surface area contributed by atoms with Gasteiger partial charge in [0.15, 0.2) is 25.5 Å². The molecule has 0 saturated carbocycles. The van der Waals surface area contributed by atoms with E-state index in [2.05, 4.69) is 213 Å². The summed E-state index contributed by atoms with van der Waals surface area (Å²) < 4.78 is 2.46. The normalized spacial score (nSPS) is 12.9. The first-order chi connectivity index (χ1) is 32.3. The Morgan fingerprint density at radius 2 is 0.773 bits per heavy atom. The molecular weight excluding hydrogens is 817 g/mol. The van der Waals surface area contributed by atoms with Crippen molar-refractivity contribution < 1.29 is 0 Å². The molecule has 0 spiro atoms. The zero-order valence-corrected chi connectivity index (χ0v) is 38.2. The van der Waals surface area contributed by atoms with Gasteiger partial charge in [0.25, 0.3) is 0 Å². The Labute approximate surface area is 386 Å². The van der Waals surface area contributed by atoms with Crippen LogP contribution in [-0.4, -0.2) is 27.6 Å². The number of benzene rings is 9. The van der Waals surface area contributed by atoms with Gasteiger partial charge in [0.05, 0.1) is 11.0 Å². The van der Waals surface area contributed by atoms with Crippen molar-refractivity contribution in [3.8, 4) is 62.1 Å². The number of hydrogen-bond acceptors (Lipinski definition) is 3. The van der Waals surface area contributed by atoms with Crippen LogP contribution in [0.1, 0.15) is 26.3 Å². The predicted molar refractivity (Wildman–Crippen MR) is 277 cm³/mol. The van der Waals surface area contributed by atoms with Gasteiger partial charge in [-0.25, -0.2) is 15.0 Å². The fourth-order valence-electron chi connectivity index (χ4n) is 10.3. The molecular formula is C61H46N4Si. The maximum atomic E-state index is 5.10. The van der Waals surface area contributed by atoms with E-state index in [9.17, 15) is 0 Å². The Balaban J connectivity index is 1.07. The average Bonchev–Trinajstić information content (AvgIpc) is 3.87. The van der Waals surface area contributed by atoms with E-state index in [0.29, 0.717) is 17.5 Å². The highest BCUT2D eigenvalue weighted by molar-refractivity contribution is 7.22. The molecule has 0 aliphatic carbocycles. The molecule has 0 saturated heterocycles. The number of fused-ring (bicyclic) bond motifs is 6. The third-order valence-electron chi connectivity index (χ3n) is 13.5. The maximum absolute atomic E-state index is 5.10. The van der Waals surface area contributed by atoms with Gasteiger partial charge in [-0.15, -0.1) is 0 Å². The third-order valence-corrected chi connectivity index (χ3v) is 18.4. The van der Waals surface area contributed by atoms with Gasteiger partial charge in [0.2, 0.25) is 0 Å². The molecule has 0 radical (unpaired) electrons. The summed E-state index contributed by atoms with van der Waals surface area (Å²) in [5.41, 5.74) is 12.8. The van der Waals surface area contributed by atoms with Crippen molar-refractivity contribution in [2.45, 2.75) is 26.2 Å². The molecule has 1 aliphatic rings. The highest BCUT2D eigenvalue weighted by atomic mass is 28.3. The summed E-state index contributed by atoms with van der Waals surface area (Å²) in [6.45, 7) is 6.92. The van der Waals surface area contributed by atoms with Crippen LogP contribution in [-0.2, 0) is 5.41 Å². The first-order valence-electron chi connectivity index (χ1n) is 22.8. The molecule has 0 bridgehead atoms. The quantitative estimate of drug-likeness (QED) is 0.150. The van der Waals surface area contributed by atoms with E-state index in [-0.39, 0.29) is 5.41 Å². The standard InChI is InChI=1S/C61H46N4Si/c1-61(2,3)46-31-37-54-52(39-46)53-40-49(36-38-55(53)65(54)47-32-27-42(28-33-47)41-17-7-4-8-18-41)66(56-25-15-13-23-50(56)51-24-14-16-26-57(51)66)48-34-29-45(30-35-48)60-63-58(43-19-9-5-10-20-43)62-59(64-60)44-21-11-6-12-22-44/h4-40H,1-3H3. The second-order valence-electron chi connectivity index (χ2n) is 18.4. The fourth-order valence-corrected chi connectivity index (χ4v) is 15.4. The molecule has 66 heavy (non-hydrogen) atoms. The Kier molecular flexibility index (Phi) is 9.37. The van der Waals surface area contributed by atoms with Crippen molar-refractivity contribution in [1.29, 1.82) is 0 Å². The fraction of sp³-hybridized carbons (Fsp3) is 0.0656. The van der Waals surface area contributed by atoms with Crippen LogP contribution >= 0.6 is 0 Å². The van der Waals surface area contributed by atoms with Gasteiger partial charge < -0.3 is 4.57 Å². The molecule has 314 valence electrons. The molecule has 1 aliphatic heterocycles. The summed E-state index contributed by atoms with van der Waals surface area (Å²) in [6.07, 6.45) is 0. The molecule has 12 rings (SSSR count). The first kappa shape index (κ1) is 39.6. The molecule has 3 heterocycles. The lowest BCUT2D eigenvalue weighted by atomic mass is 9.86. The van der Waals surface area contributed by atoms with Crippen LogP contribution < -0.4 is 20.7 Å². The molecule has 9 aromatic carbocycles. The van der Waals surface area contributed by atoms with E-state index >= 15 is 0 Å². The van der Waals surface area contributed by atoms with E-state index < -0.39 is 8.07 Å². The van der Waals surface area contributed by atoms with Crippen LogP contribution in [0.2, 0.25) is 0 Å². The maximum Gasteiger partial charge on any atom is 0.180 e. The molecule has 11 aromatic rings. The minimum absolute atomic E-state index is 0.0130. The van der Waals surface area contributed by atoms with Gasteiger partial charge in [0.1, 0.15) is 0 Å². The van der Waals surface area contributed by atoms with Gasteiger partial charge in [-0.2, -0.15) is 0 Å². The summed E-state index contributed by atoms with van der Waals surface area (Å²) in [6, 6.07) is 81.9. The van der Waals surface area contributed by atoms with Crippen LogP contribution in [0.5, 0.6) is 0 Å². The van der Waals surface area contributed by atoms with Crippen molar-refractivity contribution in [3.63, 3.8) is 0 Å². The largest absolute Gasteiger partial charge is 0.309 e. The highest BCUT2D eigenvalue weighted by Gasteiger charge is 2.48. The SMILES string of the molecule is CC(C)(C)c1ccc2c(c1)c1cc([Si]3(c4ccc(-c5nc(-c6ccccc6)nc(-c6ccccc6)n5)cc4)c4ccccc4-c4ccccc43)ccc1n2-c1ccc(-c2ccccc2)cc1. The molecule has 2 aromatic heterocycles. The summed E-state index contributed by atoms with van der Waals surface area (Å²) in [5.74, 6) is 1.96. The average molecular weight is 863 g/mol. The number of aromatic nitrogens is 4. The Hall–Kier alpha value is -7.99. The molecule has 0 N–H and O–H groups in total. The van der Waals surface area contributed by atoms with Crippen LogP contribution in [0.15, 0.2) is 224 Å². The van der Waals surface area contributed by atoms with Crippen LogP contribution in [0.4, 0.5) is 0 Å². The van der Waals surface area contributed by atoms with Crippen molar-refractivity contribution in [2.75, 3.05) is 0 Å². The zero-order chi connectivity index (χ0) is 44.4. The molecule has 5 heteroatoms. The molecule has 0 unspecified atom stereocenters. The van der Waals surface area contributed by atoms with Gasteiger partial charge >= 0.3 is 0 Å². The van der Waals surface area contributed by atoms with Crippen molar-refractivity contribution >= 4 is 50.6 Å². The Morgan fingerprint density at radius 3 is 1.30 bits per heavy atom. The van der Waals surface area contributed by atoms with Gasteiger partial charge in [-0.1, -0.05) is 215 Å². The van der Waals surface area contributed by atoms with Crippen LogP contribution in [0, 0.1) is 0 Å². The van der Waals surface area contributed by atoms with E-state index in [1.54, 1.807) is 0 Å². The lowest BCUT2D eigenvalue weighted by molar-refractivity contribution is 0.591. The molecule has 0 fully saturated rings. The predicted octanol–water partition coefficient (Wildman–Crippen LogP) is 12.3. The summed E-state index contributed by atoms with van der Waals surface area (Å²) >= 11 is 0. The first-order valence-corrected chi connectivity index (χ1v) is 24.8. The number of hydrogen-bond donors (Lipinski definition) is 0. The molecule has 0 atom stereocenters. The van der Waals surface area contributed by atoms with Crippen LogP contribution in [0.25, 0.3) is 83.9 Å². The van der Waals surface area contributed by atoms with Crippen molar-refractivity contribution in [2.24, 2.45) is 0 Å². The minimum atomic E-state index is -2.91. The Bertz CT molecular complexity index is 3490. The summed E-state index contributed by atoms with van der Waals surface area (Å²) in [4.78, 5) is 15.2. The van der Waals surface area contributed by atoms with Crippen molar-refractivity contribution in [3.05, 3.63) is 230 Å². The highest BCUT2D eigenvalue weighted by Crippen LogP contribution is 2.37. The number of nitrogens with zero attached hydrogens (tertiary/aromatic N) is 4. The van der Waals surface area contributed by atoms with E-state index in [1.165, 1.54) is 70.4 Å². The minimum Gasteiger partial charge on any atom is -0.309 e. The monoisotopic (exact) mass is 862 g/mol. The lowest BCUT2D eigenvalue weighted by Gasteiger charge is -2.31. The van der Waals surface area contributed by atoms with E-state index in [0.717, 1.165) is 22.4 Å². The second kappa shape index (κ2) is 15.6. The summed E-state index contributed by atoms with van der Waals surface area (Å²) in [5, 5.41) is 8.03. The van der Waals surface area contributed by atoms with Gasteiger partial charge in [-0.05, 0) is 84.3 Å². The van der Waals surface area contributed by atoms with Gasteiger partial charge in [0, 0.05) is 33.2 Å². The number of rotatable bonds is 7.